The molecular weight excluding hydrogens is 337 g/mol. The number of ether oxygens (including phenoxy) is 2. The first-order valence-corrected chi connectivity index (χ1v) is 7.96. The molecule has 23 heavy (non-hydrogen) atoms. The number of anilines is 1. The predicted molar refractivity (Wildman–Crippen MR) is 93.2 cm³/mol. The van der Waals surface area contributed by atoms with E-state index in [4.69, 9.17) is 32.7 Å². The highest BCUT2D eigenvalue weighted by Crippen LogP contribution is 2.30. The van der Waals surface area contributed by atoms with E-state index >= 15 is 0 Å². The Kier molecular flexibility index (Phi) is 6.13. The topological polar surface area (TPSA) is 47.6 Å². The number of benzene rings is 2. The highest BCUT2D eigenvalue weighted by Gasteiger charge is 2.13. The molecule has 2 aromatic rings. The van der Waals surface area contributed by atoms with Crippen LogP contribution in [-0.4, -0.2) is 19.1 Å². The third kappa shape index (κ3) is 4.53. The van der Waals surface area contributed by atoms with E-state index in [1.54, 1.807) is 36.4 Å². The van der Waals surface area contributed by atoms with Crippen LogP contribution in [0.25, 0.3) is 0 Å². The molecule has 0 heterocycles. The van der Waals surface area contributed by atoms with Gasteiger partial charge in [-0.2, -0.15) is 0 Å². The van der Waals surface area contributed by atoms with Crippen LogP contribution in [0.1, 0.15) is 24.2 Å². The molecule has 0 bridgehead atoms. The van der Waals surface area contributed by atoms with Crippen molar-refractivity contribution in [3.63, 3.8) is 0 Å². The molecule has 4 nitrogen and oxygen atoms in total. The molecule has 0 saturated carbocycles. The van der Waals surface area contributed by atoms with Gasteiger partial charge < -0.3 is 14.8 Å². The third-order valence-corrected chi connectivity index (χ3v) is 3.78. The van der Waals surface area contributed by atoms with E-state index in [0.717, 1.165) is 0 Å². The van der Waals surface area contributed by atoms with Gasteiger partial charge in [0, 0.05) is 11.6 Å². The molecular formula is C17H17Cl2NO3. The van der Waals surface area contributed by atoms with Gasteiger partial charge in [-0.05, 0) is 38.1 Å². The zero-order valence-corrected chi connectivity index (χ0v) is 14.4. The van der Waals surface area contributed by atoms with Crippen molar-refractivity contribution in [3.05, 3.63) is 52.0 Å². The van der Waals surface area contributed by atoms with Crippen LogP contribution in [0.2, 0.25) is 10.0 Å². The molecule has 2 aromatic carbocycles. The van der Waals surface area contributed by atoms with Crippen molar-refractivity contribution in [2.75, 3.05) is 18.5 Å². The summed E-state index contributed by atoms with van der Waals surface area (Å²) in [5.74, 6) is 0.818. The van der Waals surface area contributed by atoms with E-state index in [1.165, 1.54) is 0 Å². The van der Waals surface area contributed by atoms with Gasteiger partial charge in [-0.1, -0.05) is 29.3 Å². The second-order valence-electron chi connectivity index (χ2n) is 4.61. The fourth-order valence-corrected chi connectivity index (χ4v) is 2.35. The van der Waals surface area contributed by atoms with Crippen molar-refractivity contribution >= 4 is 34.8 Å². The van der Waals surface area contributed by atoms with E-state index in [2.05, 4.69) is 5.32 Å². The maximum Gasteiger partial charge on any atom is 0.255 e. The van der Waals surface area contributed by atoms with Crippen molar-refractivity contribution in [1.82, 2.24) is 0 Å². The van der Waals surface area contributed by atoms with Crippen LogP contribution in [-0.2, 0) is 0 Å². The Balaban J connectivity index is 2.28. The summed E-state index contributed by atoms with van der Waals surface area (Å²) in [6, 6.07) is 10.1. The zero-order chi connectivity index (χ0) is 16.8. The summed E-state index contributed by atoms with van der Waals surface area (Å²) in [6.45, 7) is 4.74. The minimum Gasteiger partial charge on any atom is -0.494 e. The fraction of sp³-hybridized carbons (Fsp3) is 0.235. The summed E-state index contributed by atoms with van der Waals surface area (Å²) in [7, 11) is 0. The van der Waals surface area contributed by atoms with Crippen LogP contribution in [0.4, 0.5) is 5.69 Å². The molecule has 6 heteroatoms. The van der Waals surface area contributed by atoms with Crippen LogP contribution in [0.15, 0.2) is 36.4 Å². The van der Waals surface area contributed by atoms with Gasteiger partial charge in [0.05, 0.1) is 28.9 Å². The lowest BCUT2D eigenvalue weighted by Crippen LogP contribution is -2.13. The van der Waals surface area contributed by atoms with Crippen LogP contribution in [0.3, 0.4) is 0 Å². The van der Waals surface area contributed by atoms with Crippen LogP contribution < -0.4 is 14.8 Å². The number of nitrogens with one attached hydrogen (secondary N) is 1. The average Bonchev–Trinajstić information content (AvgIpc) is 2.52. The Morgan fingerprint density at radius 3 is 2.22 bits per heavy atom. The summed E-state index contributed by atoms with van der Waals surface area (Å²) in [4.78, 5) is 12.5. The van der Waals surface area contributed by atoms with Crippen molar-refractivity contribution in [2.45, 2.75) is 13.8 Å². The normalized spacial score (nSPS) is 10.3. The summed E-state index contributed by atoms with van der Waals surface area (Å²) in [6.07, 6.45) is 0. The van der Waals surface area contributed by atoms with Gasteiger partial charge in [0.1, 0.15) is 11.5 Å². The minimum atomic E-state index is -0.323. The summed E-state index contributed by atoms with van der Waals surface area (Å²) < 4.78 is 10.9. The smallest absolute Gasteiger partial charge is 0.255 e. The average molecular weight is 354 g/mol. The molecule has 0 aliphatic heterocycles. The Morgan fingerprint density at radius 1 is 1.04 bits per heavy atom. The molecule has 1 N–H and O–H groups in total. The number of rotatable bonds is 6. The number of halogens is 2. The molecule has 0 aliphatic carbocycles. The SMILES string of the molecule is CCOc1cc(OCC)cc(C(=O)Nc2cccc(Cl)c2Cl)c1. The Morgan fingerprint density at radius 2 is 1.65 bits per heavy atom. The molecule has 0 fully saturated rings. The Labute approximate surface area is 145 Å². The van der Waals surface area contributed by atoms with Crippen molar-refractivity contribution in [2.24, 2.45) is 0 Å². The van der Waals surface area contributed by atoms with Crippen LogP contribution >= 0.6 is 23.2 Å². The molecule has 2 rings (SSSR count). The largest absolute Gasteiger partial charge is 0.494 e. The second-order valence-corrected chi connectivity index (χ2v) is 5.40. The number of carbonyl (C=O) groups is 1. The van der Waals surface area contributed by atoms with Crippen molar-refractivity contribution < 1.29 is 14.3 Å². The van der Waals surface area contributed by atoms with Crippen molar-refractivity contribution in [1.29, 1.82) is 0 Å². The van der Waals surface area contributed by atoms with E-state index in [0.29, 0.717) is 46.0 Å². The van der Waals surface area contributed by atoms with Crippen LogP contribution in [0.5, 0.6) is 11.5 Å². The van der Waals surface area contributed by atoms with Gasteiger partial charge >= 0.3 is 0 Å². The molecule has 0 spiro atoms. The number of carbonyl (C=O) groups excluding carboxylic acids is 1. The first-order chi connectivity index (χ1) is 11.0. The Bertz CT molecular complexity index is 680. The lowest BCUT2D eigenvalue weighted by atomic mass is 10.1. The van der Waals surface area contributed by atoms with Gasteiger partial charge in [-0.3, -0.25) is 4.79 Å². The summed E-state index contributed by atoms with van der Waals surface area (Å²) in [5, 5.41) is 3.42. The van der Waals surface area contributed by atoms with Gasteiger partial charge in [0.25, 0.3) is 5.91 Å². The molecule has 0 aromatic heterocycles. The van der Waals surface area contributed by atoms with E-state index < -0.39 is 0 Å². The minimum absolute atomic E-state index is 0.300. The van der Waals surface area contributed by atoms with Gasteiger partial charge in [-0.15, -0.1) is 0 Å². The number of amides is 1. The predicted octanol–water partition coefficient (Wildman–Crippen LogP) is 5.04. The highest BCUT2D eigenvalue weighted by molar-refractivity contribution is 6.44. The monoisotopic (exact) mass is 353 g/mol. The molecule has 0 unspecified atom stereocenters. The quantitative estimate of drug-likeness (QED) is 0.790. The van der Waals surface area contributed by atoms with E-state index in [1.807, 2.05) is 13.8 Å². The van der Waals surface area contributed by atoms with Gasteiger partial charge in [-0.25, -0.2) is 0 Å². The standard InChI is InChI=1S/C17H17Cl2NO3/c1-3-22-12-8-11(9-13(10-12)23-4-2)17(21)20-15-7-5-6-14(18)16(15)19/h5-10H,3-4H2,1-2H3,(H,20,21). The highest BCUT2D eigenvalue weighted by atomic mass is 35.5. The summed E-state index contributed by atoms with van der Waals surface area (Å²) in [5.41, 5.74) is 0.861. The van der Waals surface area contributed by atoms with E-state index in [-0.39, 0.29) is 5.91 Å². The molecule has 0 aliphatic rings. The maximum absolute atomic E-state index is 12.5. The first-order valence-electron chi connectivity index (χ1n) is 7.21. The van der Waals surface area contributed by atoms with E-state index in [9.17, 15) is 4.79 Å². The summed E-state index contributed by atoms with van der Waals surface area (Å²) >= 11 is 12.0. The molecule has 0 radical (unpaired) electrons. The first kappa shape index (κ1) is 17.4. The zero-order valence-electron chi connectivity index (χ0n) is 12.9. The van der Waals surface area contributed by atoms with Gasteiger partial charge in [0.2, 0.25) is 0 Å². The molecule has 0 atom stereocenters. The lowest BCUT2D eigenvalue weighted by Gasteiger charge is -2.12. The van der Waals surface area contributed by atoms with Crippen molar-refractivity contribution in [3.8, 4) is 11.5 Å². The maximum atomic E-state index is 12.5. The Hall–Kier alpha value is -1.91. The second kappa shape index (κ2) is 8.09. The number of hydrogen-bond donors (Lipinski definition) is 1. The molecule has 1 amide bonds. The fourth-order valence-electron chi connectivity index (χ4n) is 2.00. The van der Waals surface area contributed by atoms with Gasteiger partial charge in [0.15, 0.2) is 0 Å². The lowest BCUT2D eigenvalue weighted by molar-refractivity contribution is 0.102. The molecule has 0 saturated heterocycles. The number of hydrogen-bond acceptors (Lipinski definition) is 3. The van der Waals surface area contributed by atoms with Crippen LogP contribution in [0, 0.1) is 0 Å². The third-order valence-electron chi connectivity index (χ3n) is 2.96. The molecule has 122 valence electrons.